The number of nitrogens with zero attached hydrogens (tertiary/aromatic N) is 1. The van der Waals surface area contributed by atoms with E-state index in [1.807, 2.05) is 6.92 Å². The molecule has 1 aromatic rings. The summed E-state index contributed by atoms with van der Waals surface area (Å²) in [4.78, 5) is 2.26. The number of rotatable bonds is 5. The van der Waals surface area contributed by atoms with Gasteiger partial charge in [0, 0.05) is 31.4 Å². The first-order valence-electron chi connectivity index (χ1n) is 7.30. The highest BCUT2D eigenvalue weighted by Gasteiger charge is 2.24. The Bertz CT molecular complexity index is 421. The van der Waals surface area contributed by atoms with Crippen molar-refractivity contribution in [2.75, 3.05) is 26.8 Å². The molecule has 4 heteroatoms. The second-order valence-corrected chi connectivity index (χ2v) is 5.73. The fourth-order valence-electron chi connectivity index (χ4n) is 2.85. The van der Waals surface area contributed by atoms with Crippen LogP contribution in [0.5, 0.6) is 0 Å². The molecule has 1 heterocycles. The number of aliphatic hydroxyl groups is 1. The highest BCUT2D eigenvalue weighted by atomic mass is 19.1. The van der Waals surface area contributed by atoms with Crippen LogP contribution in [0.15, 0.2) is 24.3 Å². The molecule has 0 saturated carbocycles. The van der Waals surface area contributed by atoms with E-state index in [9.17, 15) is 9.50 Å². The molecule has 2 unspecified atom stereocenters. The summed E-state index contributed by atoms with van der Waals surface area (Å²) in [5.41, 5.74) is 0.389. The van der Waals surface area contributed by atoms with E-state index in [1.54, 1.807) is 18.2 Å². The summed E-state index contributed by atoms with van der Waals surface area (Å²) in [7, 11) is 2.07. The Morgan fingerprint density at radius 1 is 1.35 bits per heavy atom. The van der Waals surface area contributed by atoms with Gasteiger partial charge in [0.2, 0.25) is 0 Å². The van der Waals surface area contributed by atoms with Crippen molar-refractivity contribution in [3.63, 3.8) is 0 Å². The summed E-state index contributed by atoms with van der Waals surface area (Å²) < 4.78 is 19.1. The zero-order valence-corrected chi connectivity index (χ0v) is 12.3. The van der Waals surface area contributed by atoms with Gasteiger partial charge in [-0.15, -0.1) is 0 Å². The maximum absolute atomic E-state index is 13.7. The third-order valence-electron chi connectivity index (χ3n) is 4.15. The summed E-state index contributed by atoms with van der Waals surface area (Å²) >= 11 is 0. The van der Waals surface area contributed by atoms with Crippen molar-refractivity contribution in [3.8, 4) is 0 Å². The quantitative estimate of drug-likeness (QED) is 0.900. The Labute approximate surface area is 120 Å². The predicted octanol–water partition coefficient (Wildman–Crippen LogP) is 2.61. The molecule has 20 heavy (non-hydrogen) atoms. The van der Waals surface area contributed by atoms with Gasteiger partial charge in [-0.25, -0.2) is 4.39 Å². The van der Waals surface area contributed by atoms with Crippen molar-refractivity contribution in [2.24, 2.45) is 5.92 Å². The molecular weight excluding hydrogens is 257 g/mol. The maximum Gasteiger partial charge on any atom is 0.129 e. The van der Waals surface area contributed by atoms with Crippen molar-refractivity contribution in [3.05, 3.63) is 35.6 Å². The molecule has 1 N–H and O–H groups in total. The van der Waals surface area contributed by atoms with Crippen LogP contribution in [0.25, 0.3) is 0 Å². The van der Waals surface area contributed by atoms with E-state index in [4.69, 9.17) is 4.74 Å². The molecule has 0 aromatic heterocycles. The fraction of sp³-hybridized carbons (Fsp3) is 0.625. The molecule has 0 radical (unpaired) electrons. The van der Waals surface area contributed by atoms with Gasteiger partial charge in [0.15, 0.2) is 0 Å². The van der Waals surface area contributed by atoms with Crippen molar-refractivity contribution in [1.82, 2.24) is 4.90 Å². The molecule has 2 rings (SSSR count). The minimum atomic E-state index is -0.765. The van der Waals surface area contributed by atoms with Gasteiger partial charge < -0.3 is 14.7 Å². The summed E-state index contributed by atoms with van der Waals surface area (Å²) in [6.07, 6.45) is 1.29. The Balaban J connectivity index is 1.93. The summed E-state index contributed by atoms with van der Waals surface area (Å²) in [5.74, 6) is -0.347. The number of benzene rings is 1. The lowest BCUT2D eigenvalue weighted by molar-refractivity contribution is 0.0251. The smallest absolute Gasteiger partial charge is 0.129 e. The molecule has 0 spiro atoms. The van der Waals surface area contributed by atoms with Crippen LogP contribution in [-0.4, -0.2) is 42.9 Å². The van der Waals surface area contributed by atoms with Crippen LogP contribution >= 0.6 is 0 Å². The van der Waals surface area contributed by atoms with Gasteiger partial charge >= 0.3 is 0 Å². The summed E-state index contributed by atoms with van der Waals surface area (Å²) in [5, 5.41) is 10.3. The lowest BCUT2D eigenvalue weighted by Crippen LogP contribution is -2.40. The van der Waals surface area contributed by atoms with Crippen LogP contribution in [0.1, 0.15) is 31.4 Å². The van der Waals surface area contributed by atoms with Crippen LogP contribution < -0.4 is 0 Å². The minimum absolute atomic E-state index is 0.0141. The fourth-order valence-corrected chi connectivity index (χ4v) is 2.85. The predicted molar refractivity (Wildman–Crippen MR) is 77.0 cm³/mol. The van der Waals surface area contributed by atoms with Gasteiger partial charge in [-0.05, 0) is 31.9 Å². The van der Waals surface area contributed by atoms with Crippen molar-refractivity contribution in [1.29, 1.82) is 0 Å². The zero-order chi connectivity index (χ0) is 14.5. The Hall–Kier alpha value is -0.970. The van der Waals surface area contributed by atoms with Crippen molar-refractivity contribution >= 4 is 0 Å². The number of hydrogen-bond acceptors (Lipinski definition) is 3. The molecule has 2 atom stereocenters. The van der Waals surface area contributed by atoms with Crippen LogP contribution in [0.2, 0.25) is 0 Å². The van der Waals surface area contributed by atoms with E-state index in [2.05, 4.69) is 11.9 Å². The van der Waals surface area contributed by atoms with Crippen LogP contribution in [0.3, 0.4) is 0 Å². The second-order valence-electron chi connectivity index (χ2n) is 5.73. The van der Waals surface area contributed by atoms with E-state index >= 15 is 0 Å². The number of halogens is 1. The third kappa shape index (κ3) is 3.78. The van der Waals surface area contributed by atoms with Crippen LogP contribution in [0, 0.1) is 11.7 Å². The Morgan fingerprint density at radius 2 is 2.00 bits per heavy atom. The lowest BCUT2D eigenvalue weighted by Gasteiger charge is -2.34. The summed E-state index contributed by atoms with van der Waals surface area (Å²) in [6, 6.07) is 6.96. The van der Waals surface area contributed by atoms with Gasteiger partial charge in [0.05, 0.1) is 6.10 Å². The summed E-state index contributed by atoms with van der Waals surface area (Å²) in [6.45, 7) is 4.33. The SMILES string of the molecule is CC(CN(C)C1CCOCC1)C(O)c1ccccc1F. The third-order valence-corrected chi connectivity index (χ3v) is 4.15. The topological polar surface area (TPSA) is 32.7 Å². The first-order valence-corrected chi connectivity index (χ1v) is 7.30. The molecule has 1 aliphatic rings. The van der Waals surface area contributed by atoms with Gasteiger partial charge in [0.25, 0.3) is 0 Å². The molecule has 0 aliphatic carbocycles. The largest absolute Gasteiger partial charge is 0.388 e. The van der Waals surface area contributed by atoms with Gasteiger partial charge in [0.1, 0.15) is 5.82 Å². The number of hydrogen-bond donors (Lipinski definition) is 1. The standard InChI is InChI=1S/C16H24FNO2/c1-12(11-18(2)13-7-9-20-10-8-13)16(19)14-5-3-4-6-15(14)17/h3-6,12-13,16,19H,7-11H2,1-2H3. The molecule has 1 saturated heterocycles. The van der Waals surface area contributed by atoms with Gasteiger partial charge in [-0.2, -0.15) is 0 Å². The van der Waals surface area contributed by atoms with Gasteiger partial charge in [-0.3, -0.25) is 0 Å². The normalized spacial score (nSPS) is 20.1. The number of ether oxygens (including phenoxy) is 1. The van der Waals surface area contributed by atoms with Crippen LogP contribution in [0.4, 0.5) is 4.39 Å². The van der Waals surface area contributed by atoms with Crippen LogP contribution in [-0.2, 0) is 4.74 Å². The van der Waals surface area contributed by atoms with Crippen molar-refractivity contribution < 1.29 is 14.2 Å². The highest BCUT2D eigenvalue weighted by Crippen LogP contribution is 2.26. The number of aliphatic hydroxyl groups excluding tert-OH is 1. The Morgan fingerprint density at radius 3 is 2.65 bits per heavy atom. The molecule has 112 valence electrons. The average molecular weight is 281 g/mol. The molecule has 0 bridgehead atoms. The Kier molecular flexibility index (Phi) is 5.52. The van der Waals surface area contributed by atoms with E-state index in [0.717, 1.165) is 32.6 Å². The van der Waals surface area contributed by atoms with E-state index in [0.29, 0.717) is 11.6 Å². The molecule has 1 aromatic carbocycles. The van der Waals surface area contributed by atoms with Crippen molar-refractivity contribution in [2.45, 2.75) is 31.9 Å². The second kappa shape index (κ2) is 7.16. The molecular formula is C16H24FNO2. The molecule has 0 amide bonds. The first-order chi connectivity index (χ1) is 9.59. The first kappa shape index (κ1) is 15.4. The highest BCUT2D eigenvalue weighted by molar-refractivity contribution is 5.20. The lowest BCUT2D eigenvalue weighted by atomic mass is 9.95. The molecule has 1 fully saturated rings. The monoisotopic (exact) mass is 281 g/mol. The maximum atomic E-state index is 13.7. The van der Waals surface area contributed by atoms with Gasteiger partial charge in [-0.1, -0.05) is 25.1 Å². The minimum Gasteiger partial charge on any atom is -0.388 e. The molecule has 3 nitrogen and oxygen atoms in total. The average Bonchev–Trinajstić information content (AvgIpc) is 2.48. The van der Waals surface area contributed by atoms with E-state index in [1.165, 1.54) is 6.07 Å². The van der Waals surface area contributed by atoms with E-state index < -0.39 is 6.10 Å². The molecule has 1 aliphatic heterocycles. The van der Waals surface area contributed by atoms with E-state index in [-0.39, 0.29) is 11.7 Å². The zero-order valence-electron chi connectivity index (χ0n) is 12.3.